The lowest BCUT2D eigenvalue weighted by atomic mass is 9.75. The molecular weight excluding hydrogens is 773 g/mol. The molecule has 0 heterocycles. The van der Waals surface area contributed by atoms with Crippen molar-refractivity contribution in [2.45, 2.75) is 31.1 Å². The van der Waals surface area contributed by atoms with Gasteiger partial charge in [-0.2, -0.15) is 0 Å². The van der Waals surface area contributed by atoms with Crippen LogP contribution in [-0.2, 0) is 5.41 Å². The second kappa shape index (κ2) is 16.0. The standard InChI is InChI=1S/C62H50N2/c1-4-11-44(12-5-1)47-19-29-56(30-20-47)63(60-37-27-54(28-38-60)62-42-52-39-55(62)40-53(52)43-62)57-31-23-49(24-32-57)50-25-35-59(36-26-50)64(58-33-21-48(22-34-58)45-13-6-2-7-14-45)61-18-10-17-51(41-61)46-15-8-3-9-16-46/h1-38,41,52-53,55H,39-40,42-43H2. The first-order chi connectivity index (χ1) is 31.6. The first kappa shape index (κ1) is 38.3. The fraction of sp³-hybridized carbons (Fsp3) is 0.129. The van der Waals surface area contributed by atoms with Crippen LogP contribution in [0.2, 0.25) is 0 Å². The molecule has 0 aliphatic heterocycles. The van der Waals surface area contributed by atoms with Gasteiger partial charge in [0, 0.05) is 34.1 Å². The van der Waals surface area contributed by atoms with E-state index < -0.39 is 0 Å². The molecule has 9 aromatic carbocycles. The van der Waals surface area contributed by atoms with Gasteiger partial charge in [0.05, 0.1) is 0 Å². The minimum Gasteiger partial charge on any atom is -0.311 e. The maximum atomic E-state index is 2.46. The van der Waals surface area contributed by atoms with Gasteiger partial charge in [0.15, 0.2) is 0 Å². The summed E-state index contributed by atoms with van der Waals surface area (Å²) in [5.41, 5.74) is 18.4. The van der Waals surface area contributed by atoms with Crippen LogP contribution in [0.3, 0.4) is 0 Å². The number of rotatable bonds is 11. The maximum Gasteiger partial charge on any atom is 0.0467 e. The van der Waals surface area contributed by atoms with Crippen LogP contribution in [0.5, 0.6) is 0 Å². The Balaban J connectivity index is 0.863. The average Bonchev–Trinajstić information content (AvgIpc) is 4.14. The van der Waals surface area contributed by atoms with Gasteiger partial charge in [0.1, 0.15) is 0 Å². The Morgan fingerprint density at radius 1 is 0.281 bits per heavy atom. The highest BCUT2D eigenvalue weighted by Crippen LogP contribution is 2.70. The van der Waals surface area contributed by atoms with E-state index >= 15 is 0 Å². The van der Waals surface area contributed by atoms with Crippen molar-refractivity contribution in [3.8, 4) is 44.5 Å². The first-order valence-corrected chi connectivity index (χ1v) is 23.0. The molecule has 4 bridgehead atoms. The van der Waals surface area contributed by atoms with E-state index in [0.717, 1.165) is 46.2 Å². The van der Waals surface area contributed by atoms with E-state index in [1.54, 1.807) is 5.56 Å². The molecular formula is C62H50N2. The summed E-state index contributed by atoms with van der Waals surface area (Å²) in [7, 11) is 0. The second-order valence-electron chi connectivity index (χ2n) is 18.3. The van der Waals surface area contributed by atoms with Crippen molar-refractivity contribution in [3.05, 3.63) is 242 Å². The molecule has 308 valence electrons. The summed E-state index contributed by atoms with van der Waals surface area (Å²) in [6.07, 6.45) is 5.70. The molecule has 4 aliphatic rings. The van der Waals surface area contributed by atoms with Gasteiger partial charge >= 0.3 is 0 Å². The van der Waals surface area contributed by atoms with Crippen LogP contribution < -0.4 is 9.80 Å². The van der Waals surface area contributed by atoms with Crippen molar-refractivity contribution in [2.75, 3.05) is 9.80 Å². The Kier molecular flexibility index (Phi) is 9.60. The molecule has 0 amide bonds. The summed E-state index contributed by atoms with van der Waals surface area (Å²) in [5, 5.41) is 0. The summed E-state index contributed by atoms with van der Waals surface area (Å²) < 4.78 is 0. The van der Waals surface area contributed by atoms with Crippen molar-refractivity contribution in [3.63, 3.8) is 0 Å². The van der Waals surface area contributed by atoms with Gasteiger partial charge in [-0.1, -0.05) is 164 Å². The lowest BCUT2D eigenvalue weighted by molar-refractivity contribution is 0.371. The van der Waals surface area contributed by atoms with Crippen molar-refractivity contribution < 1.29 is 0 Å². The van der Waals surface area contributed by atoms with Crippen molar-refractivity contribution in [1.29, 1.82) is 0 Å². The van der Waals surface area contributed by atoms with E-state index in [-0.39, 0.29) is 0 Å². The molecule has 0 aromatic heterocycles. The van der Waals surface area contributed by atoms with Crippen LogP contribution in [0, 0.1) is 17.8 Å². The summed E-state index contributed by atoms with van der Waals surface area (Å²) in [4.78, 5) is 4.78. The van der Waals surface area contributed by atoms with Gasteiger partial charge < -0.3 is 9.80 Å². The Labute approximate surface area is 377 Å². The summed E-state index contributed by atoms with van der Waals surface area (Å²) in [6.45, 7) is 0. The predicted molar refractivity (Wildman–Crippen MR) is 268 cm³/mol. The smallest absolute Gasteiger partial charge is 0.0467 e. The lowest BCUT2D eigenvalue weighted by Gasteiger charge is -2.31. The third kappa shape index (κ3) is 6.91. The highest BCUT2D eigenvalue weighted by Gasteiger charge is 2.63. The van der Waals surface area contributed by atoms with E-state index in [1.807, 2.05) is 0 Å². The Morgan fingerprint density at radius 2 is 0.594 bits per heavy atom. The molecule has 0 radical (unpaired) electrons. The van der Waals surface area contributed by atoms with Crippen molar-refractivity contribution in [2.24, 2.45) is 17.8 Å². The monoisotopic (exact) mass is 822 g/mol. The van der Waals surface area contributed by atoms with Gasteiger partial charge in [0.25, 0.3) is 0 Å². The number of anilines is 6. The highest BCUT2D eigenvalue weighted by molar-refractivity contribution is 5.84. The topological polar surface area (TPSA) is 6.48 Å². The predicted octanol–water partition coefficient (Wildman–Crippen LogP) is 17.0. The fourth-order valence-electron chi connectivity index (χ4n) is 11.8. The largest absolute Gasteiger partial charge is 0.311 e. The van der Waals surface area contributed by atoms with E-state index in [9.17, 15) is 0 Å². The summed E-state index contributed by atoms with van der Waals surface area (Å²) >= 11 is 0. The molecule has 2 atom stereocenters. The number of hydrogen-bond donors (Lipinski definition) is 0. The van der Waals surface area contributed by atoms with Crippen LogP contribution in [0.25, 0.3) is 44.5 Å². The molecule has 4 fully saturated rings. The minimum absolute atomic E-state index is 0.420. The van der Waals surface area contributed by atoms with Gasteiger partial charge in [-0.3, -0.25) is 0 Å². The Hall–Kier alpha value is -7.42. The highest BCUT2D eigenvalue weighted by atomic mass is 15.1. The number of benzene rings is 9. The normalized spacial score (nSPS) is 19.2. The van der Waals surface area contributed by atoms with E-state index in [1.165, 1.54) is 75.9 Å². The third-order valence-corrected chi connectivity index (χ3v) is 14.8. The third-order valence-electron chi connectivity index (χ3n) is 14.8. The number of nitrogens with zero attached hydrogens (tertiary/aromatic N) is 2. The quantitative estimate of drug-likeness (QED) is 0.128. The van der Waals surface area contributed by atoms with Gasteiger partial charge in [-0.05, 0) is 172 Å². The zero-order chi connectivity index (χ0) is 42.5. The fourth-order valence-corrected chi connectivity index (χ4v) is 11.8. The van der Waals surface area contributed by atoms with Crippen LogP contribution >= 0.6 is 0 Å². The Bertz CT molecular complexity index is 3000. The first-order valence-electron chi connectivity index (χ1n) is 23.0. The summed E-state index contributed by atoms with van der Waals surface area (Å²) in [6, 6.07) is 86.5. The molecule has 9 aromatic rings. The zero-order valence-corrected chi connectivity index (χ0v) is 36.0. The molecule has 4 aliphatic carbocycles. The molecule has 0 spiro atoms. The molecule has 64 heavy (non-hydrogen) atoms. The van der Waals surface area contributed by atoms with E-state index in [0.29, 0.717) is 5.41 Å². The molecule has 2 heteroatoms. The molecule has 13 rings (SSSR count). The SMILES string of the molecule is c1ccc(-c2ccc(N(c3ccc(-c4ccc(N(c5ccc(-c6ccccc6)cc5)c5cccc(-c6ccccc6)c5)cc4)cc3)c3ccc(C45CC6CC4CC6C5)cc3)cc2)cc1. The molecule has 2 unspecified atom stereocenters. The van der Waals surface area contributed by atoms with Crippen LogP contribution in [0.4, 0.5) is 34.1 Å². The summed E-state index contributed by atoms with van der Waals surface area (Å²) in [5.74, 6) is 2.82. The molecule has 4 saturated carbocycles. The second-order valence-corrected chi connectivity index (χ2v) is 18.3. The van der Waals surface area contributed by atoms with E-state index in [2.05, 4.69) is 246 Å². The van der Waals surface area contributed by atoms with Crippen molar-refractivity contribution >= 4 is 34.1 Å². The Morgan fingerprint density at radius 3 is 0.953 bits per heavy atom. The number of hydrogen-bond acceptors (Lipinski definition) is 2. The zero-order valence-electron chi connectivity index (χ0n) is 36.0. The van der Waals surface area contributed by atoms with Crippen molar-refractivity contribution in [1.82, 2.24) is 0 Å². The molecule has 0 N–H and O–H groups in total. The van der Waals surface area contributed by atoms with Gasteiger partial charge in [-0.15, -0.1) is 0 Å². The van der Waals surface area contributed by atoms with Crippen LogP contribution in [-0.4, -0.2) is 0 Å². The molecule has 2 nitrogen and oxygen atoms in total. The minimum atomic E-state index is 0.420. The van der Waals surface area contributed by atoms with Gasteiger partial charge in [-0.25, -0.2) is 0 Å². The maximum absolute atomic E-state index is 2.46. The van der Waals surface area contributed by atoms with Crippen LogP contribution in [0.1, 0.15) is 31.2 Å². The molecule has 0 saturated heterocycles. The lowest BCUT2D eigenvalue weighted by Crippen LogP contribution is -2.24. The average molecular weight is 823 g/mol. The van der Waals surface area contributed by atoms with E-state index in [4.69, 9.17) is 0 Å². The van der Waals surface area contributed by atoms with Gasteiger partial charge in [0.2, 0.25) is 0 Å². The van der Waals surface area contributed by atoms with Crippen LogP contribution in [0.15, 0.2) is 237 Å².